The van der Waals surface area contributed by atoms with Crippen LogP contribution in [0.5, 0.6) is 5.88 Å². The van der Waals surface area contributed by atoms with Crippen molar-refractivity contribution in [3.05, 3.63) is 53.6 Å². The highest BCUT2D eigenvalue weighted by Gasteiger charge is 2.15. The minimum Gasteiger partial charge on any atom is -0.480 e. The van der Waals surface area contributed by atoms with E-state index in [-0.39, 0.29) is 5.82 Å². The molecule has 0 spiro atoms. The van der Waals surface area contributed by atoms with E-state index in [2.05, 4.69) is 16.3 Å². The van der Waals surface area contributed by atoms with Gasteiger partial charge in [0.15, 0.2) is 0 Å². The Morgan fingerprint density at radius 3 is 2.65 bits per heavy atom. The van der Waals surface area contributed by atoms with Crippen LogP contribution in [0.4, 0.5) is 4.39 Å². The molecule has 0 aliphatic carbocycles. The number of aromatic nitrogens is 2. The van der Waals surface area contributed by atoms with E-state index in [0.29, 0.717) is 32.9 Å². The third kappa shape index (κ3) is 1.98. The normalized spacial score (nSPS) is 10.8. The molecule has 5 heteroatoms. The minimum absolute atomic E-state index is 0.318. The highest BCUT2D eigenvalue weighted by atomic mass is 35.5. The molecule has 0 unspecified atom stereocenters. The van der Waals surface area contributed by atoms with E-state index in [4.69, 9.17) is 16.3 Å². The molecule has 20 heavy (non-hydrogen) atoms. The Bertz CT molecular complexity index is 792. The maximum absolute atomic E-state index is 13.9. The van der Waals surface area contributed by atoms with Crippen molar-refractivity contribution in [3.8, 4) is 17.0 Å². The van der Waals surface area contributed by atoms with Crippen LogP contribution in [0.15, 0.2) is 36.4 Å². The summed E-state index contributed by atoms with van der Waals surface area (Å²) in [4.78, 5) is 7.92. The summed E-state index contributed by atoms with van der Waals surface area (Å²) in [6, 6.07) is 9.91. The van der Waals surface area contributed by atoms with Crippen LogP contribution >= 0.6 is 11.6 Å². The average molecular weight is 288 g/mol. The van der Waals surface area contributed by atoms with Crippen LogP contribution in [-0.2, 0) is 0 Å². The van der Waals surface area contributed by atoms with Gasteiger partial charge in [0, 0.05) is 11.1 Å². The van der Waals surface area contributed by atoms with Gasteiger partial charge in [0.2, 0.25) is 12.2 Å². The van der Waals surface area contributed by atoms with Gasteiger partial charge in [-0.1, -0.05) is 35.9 Å². The molecule has 0 amide bonds. The molecule has 0 bridgehead atoms. The van der Waals surface area contributed by atoms with Crippen LogP contribution in [0.1, 0.15) is 0 Å². The lowest BCUT2D eigenvalue weighted by molar-refractivity contribution is 0.402. The van der Waals surface area contributed by atoms with Crippen LogP contribution in [0.25, 0.3) is 22.0 Å². The Morgan fingerprint density at radius 1 is 1.10 bits per heavy atom. The maximum Gasteiger partial charge on any atom is 0.226 e. The molecule has 0 N–H and O–H groups in total. The smallest absolute Gasteiger partial charge is 0.226 e. The summed E-state index contributed by atoms with van der Waals surface area (Å²) in [5, 5.41) is 0.909. The Morgan fingerprint density at radius 2 is 1.90 bits per heavy atom. The number of methoxy groups -OCH3 is 1. The predicted octanol–water partition coefficient (Wildman–Crippen LogP) is 3.90. The number of halogens is 2. The summed E-state index contributed by atoms with van der Waals surface area (Å²) in [5.41, 5.74) is 1.60. The molecule has 0 atom stereocenters. The quantitative estimate of drug-likeness (QED) is 0.717. The second-order valence-electron chi connectivity index (χ2n) is 4.13. The number of rotatable bonds is 2. The van der Waals surface area contributed by atoms with Crippen LogP contribution < -0.4 is 4.74 Å². The first-order chi connectivity index (χ1) is 9.72. The lowest BCUT2D eigenvalue weighted by Gasteiger charge is -2.10. The van der Waals surface area contributed by atoms with Crippen molar-refractivity contribution in [2.45, 2.75) is 0 Å². The van der Waals surface area contributed by atoms with Crippen molar-refractivity contribution in [2.24, 2.45) is 0 Å². The van der Waals surface area contributed by atoms with Gasteiger partial charge in [0.05, 0.1) is 23.0 Å². The zero-order valence-corrected chi connectivity index (χ0v) is 11.3. The Balaban J connectivity index is 2.34. The van der Waals surface area contributed by atoms with E-state index in [9.17, 15) is 4.39 Å². The third-order valence-electron chi connectivity index (χ3n) is 3.01. The molecule has 99 valence electrons. The van der Waals surface area contributed by atoms with Gasteiger partial charge in [-0.3, -0.25) is 0 Å². The Hall–Kier alpha value is -2.20. The first kappa shape index (κ1) is 12.8. The van der Waals surface area contributed by atoms with Gasteiger partial charge < -0.3 is 4.74 Å². The van der Waals surface area contributed by atoms with Crippen molar-refractivity contribution in [1.82, 2.24) is 9.97 Å². The first-order valence-electron chi connectivity index (χ1n) is 5.87. The van der Waals surface area contributed by atoms with Gasteiger partial charge >= 0.3 is 0 Å². The van der Waals surface area contributed by atoms with Gasteiger partial charge in [-0.2, -0.15) is 4.98 Å². The van der Waals surface area contributed by atoms with E-state index >= 15 is 0 Å². The van der Waals surface area contributed by atoms with E-state index in [1.54, 1.807) is 30.3 Å². The van der Waals surface area contributed by atoms with Crippen LogP contribution in [0, 0.1) is 12.1 Å². The zero-order valence-electron chi connectivity index (χ0n) is 10.5. The summed E-state index contributed by atoms with van der Waals surface area (Å²) in [5.74, 6) is -0.0191. The van der Waals surface area contributed by atoms with Crippen molar-refractivity contribution in [1.29, 1.82) is 0 Å². The second kappa shape index (κ2) is 5.06. The maximum atomic E-state index is 13.9. The van der Waals surface area contributed by atoms with Crippen molar-refractivity contribution in [3.63, 3.8) is 0 Å². The van der Waals surface area contributed by atoms with E-state index in [1.807, 2.05) is 0 Å². The molecule has 0 saturated carbocycles. The standard InChI is InChI=1S/C15H9ClFN2O/c1-20-15-13-12(18-8-19-15)7-6-10(14(13)16)9-4-2-3-5-11(9)17/h2-7H,1H3. The monoisotopic (exact) mass is 287 g/mol. The Kier molecular flexibility index (Phi) is 3.24. The van der Waals surface area contributed by atoms with Crippen LogP contribution in [-0.4, -0.2) is 17.1 Å². The van der Waals surface area contributed by atoms with Crippen LogP contribution in [0.2, 0.25) is 5.02 Å². The highest BCUT2D eigenvalue weighted by molar-refractivity contribution is 6.38. The number of hydrogen-bond acceptors (Lipinski definition) is 3. The number of ether oxygens (including phenoxy) is 1. The van der Waals surface area contributed by atoms with Crippen molar-refractivity contribution < 1.29 is 9.13 Å². The van der Waals surface area contributed by atoms with E-state index in [1.165, 1.54) is 13.2 Å². The van der Waals surface area contributed by atoms with Gasteiger partial charge in [-0.05, 0) is 12.1 Å². The fourth-order valence-corrected chi connectivity index (χ4v) is 2.42. The minimum atomic E-state index is -0.337. The number of benzene rings is 2. The van der Waals surface area contributed by atoms with E-state index in [0.717, 1.165) is 0 Å². The lowest BCUT2D eigenvalue weighted by atomic mass is 10.0. The molecule has 0 aliphatic rings. The molecule has 1 radical (unpaired) electrons. The molecule has 0 fully saturated rings. The summed E-state index contributed by atoms with van der Waals surface area (Å²) < 4.78 is 19.1. The number of nitrogens with zero attached hydrogens (tertiary/aromatic N) is 2. The zero-order chi connectivity index (χ0) is 14.1. The van der Waals surface area contributed by atoms with Gasteiger partial charge in [0.1, 0.15) is 5.82 Å². The number of fused-ring (bicyclic) bond motifs is 1. The fraction of sp³-hybridized carbons (Fsp3) is 0.0667. The summed E-state index contributed by atoms with van der Waals surface area (Å²) in [6.07, 6.45) is 2.50. The van der Waals surface area contributed by atoms with Gasteiger partial charge in [0.25, 0.3) is 0 Å². The highest BCUT2D eigenvalue weighted by Crippen LogP contribution is 2.37. The topological polar surface area (TPSA) is 35.0 Å². The predicted molar refractivity (Wildman–Crippen MR) is 75.3 cm³/mol. The Labute approximate surface area is 120 Å². The molecule has 3 aromatic rings. The molecule has 0 aliphatic heterocycles. The summed E-state index contributed by atoms with van der Waals surface area (Å²) in [6.45, 7) is 0. The van der Waals surface area contributed by atoms with Crippen molar-refractivity contribution in [2.75, 3.05) is 7.11 Å². The van der Waals surface area contributed by atoms with Gasteiger partial charge in [-0.15, -0.1) is 0 Å². The number of hydrogen-bond donors (Lipinski definition) is 0. The lowest BCUT2D eigenvalue weighted by Crippen LogP contribution is -1.94. The third-order valence-corrected chi connectivity index (χ3v) is 3.41. The SMILES string of the molecule is COc1n[c]nc2ccc(-c3ccccc3F)c(Cl)c12. The largest absolute Gasteiger partial charge is 0.480 e. The second-order valence-corrected chi connectivity index (χ2v) is 4.51. The first-order valence-corrected chi connectivity index (χ1v) is 6.25. The summed E-state index contributed by atoms with van der Waals surface area (Å²) >= 11 is 6.39. The molecular weight excluding hydrogens is 279 g/mol. The molecule has 3 nitrogen and oxygen atoms in total. The molecule has 2 aromatic carbocycles. The van der Waals surface area contributed by atoms with Crippen molar-refractivity contribution >= 4 is 22.5 Å². The fourth-order valence-electron chi connectivity index (χ4n) is 2.08. The van der Waals surface area contributed by atoms with E-state index < -0.39 is 0 Å². The average Bonchev–Trinajstić information content (AvgIpc) is 2.48. The molecule has 1 aromatic heterocycles. The van der Waals surface area contributed by atoms with Crippen LogP contribution in [0.3, 0.4) is 0 Å². The van der Waals surface area contributed by atoms with Gasteiger partial charge in [-0.25, -0.2) is 9.37 Å². The summed E-state index contributed by atoms with van der Waals surface area (Å²) in [7, 11) is 1.49. The molecule has 1 heterocycles. The molecular formula is C15H9ClFN2O. The molecule has 0 saturated heterocycles. The molecule has 3 rings (SSSR count).